The van der Waals surface area contributed by atoms with Gasteiger partial charge < -0.3 is 0 Å². The Kier molecular flexibility index (Phi) is 30.9. The quantitative estimate of drug-likeness (QED) is 0.142. The summed E-state index contributed by atoms with van der Waals surface area (Å²) in [5, 5.41) is 0. The highest BCUT2D eigenvalue weighted by Gasteiger charge is 2.34. The van der Waals surface area contributed by atoms with E-state index in [1.54, 1.807) is 44.5 Å². The lowest BCUT2D eigenvalue weighted by atomic mass is 9.86. The molecule has 12 aromatic rings. The number of hydrogen-bond acceptors (Lipinski definition) is 0. The third-order valence-electron chi connectivity index (χ3n) is 35.3. The van der Waals surface area contributed by atoms with Crippen molar-refractivity contribution in [3.63, 3.8) is 0 Å². The van der Waals surface area contributed by atoms with Crippen LogP contribution in [0, 0.1) is 353 Å². The smallest absolute Gasteiger partial charge is 0.000778 e. The lowest BCUT2D eigenvalue weighted by Crippen LogP contribution is -1.99. The third kappa shape index (κ3) is 18.1. The Morgan fingerprint density at radius 2 is 0.181 bits per heavy atom. The first-order valence-electron chi connectivity index (χ1n) is 47.7. The molecule has 0 aromatic heterocycles. The summed E-state index contributed by atoms with van der Waals surface area (Å²) in [6.45, 7) is 115. The van der Waals surface area contributed by atoms with Gasteiger partial charge in [0.15, 0.2) is 0 Å². The molecule has 0 nitrogen and oxygen atoms in total. The van der Waals surface area contributed by atoms with Crippen molar-refractivity contribution in [3.8, 4) is 44.5 Å². The van der Waals surface area contributed by atoms with Crippen LogP contribution >= 0.6 is 0 Å². The molecule has 674 valence electrons. The molecular formula is C127H166. The second-order valence-electron chi connectivity index (χ2n) is 40.7. The number of benzene rings is 12. The second-order valence-corrected chi connectivity index (χ2v) is 40.7. The molecule has 0 saturated carbocycles. The summed E-state index contributed by atoms with van der Waals surface area (Å²) in [5.41, 5.74) is 99.1. The van der Waals surface area contributed by atoms with Crippen LogP contribution in [0.1, 0.15) is 328 Å². The fraction of sp³-hybridized carbons (Fsp3) is 0.433. The second kappa shape index (κ2) is 38.7. The summed E-state index contributed by atoms with van der Waals surface area (Å²) in [6.07, 6.45) is 4.47. The zero-order valence-electron chi connectivity index (χ0n) is 90.2. The van der Waals surface area contributed by atoms with Gasteiger partial charge in [-0.25, -0.2) is 0 Å². The van der Waals surface area contributed by atoms with Crippen LogP contribution in [-0.2, 0) is 25.7 Å². The molecule has 0 N–H and O–H groups in total. The number of rotatable bonds is 0. The highest BCUT2D eigenvalue weighted by Crippen LogP contribution is 2.52. The fourth-order valence-electron chi connectivity index (χ4n) is 21.9. The topological polar surface area (TPSA) is 0 Å². The fourth-order valence-corrected chi connectivity index (χ4v) is 21.9. The van der Waals surface area contributed by atoms with E-state index in [0.29, 0.717) is 0 Å². The van der Waals surface area contributed by atoms with Crippen LogP contribution in [0.3, 0.4) is 0 Å². The molecule has 4 aliphatic carbocycles. The normalized spacial score (nSPS) is 11.8. The Morgan fingerprint density at radius 1 is 0.0866 bits per heavy atom. The van der Waals surface area contributed by atoms with Gasteiger partial charge in [0.1, 0.15) is 0 Å². The van der Waals surface area contributed by atoms with Crippen molar-refractivity contribution in [1.29, 1.82) is 0 Å². The molecule has 12 aromatic carbocycles. The minimum Gasteiger partial charge on any atom is -0.0558 e. The van der Waals surface area contributed by atoms with E-state index >= 15 is 0 Å². The van der Waals surface area contributed by atoms with Crippen LogP contribution in [0.15, 0.2) is 30.3 Å². The van der Waals surface area contributed by atoms with Crippen molar-refractivity contribution in [2.75, 3.05) is 0 Å². The maximum atomic E-state index is 2.35. The molecule has 0 saturated heterocycles. The predicted molar refractivity (Wildman–Crippen MR) is 566 cm³/mol. The van der Waals surface area contributed by atoms with Gasteiger partial charge in [-0.1, -0.05) is 30.3 Å². The predicted octanol–water partition coefficient (Wildman–Crippen LogP) is 35.5. The molecule has 0 aliphatic heterocycles. The van der Waals surface area contributed by atoms with Gasteiger partial charge in [0.25, 0.3) is 0 Å². The van der Waals surface area contributed by atoms with Gasteiger partial charge in [-0.3, -0.25) is 0 Å². The van der Waals surface area contributed by atoms with Crippen LogP contribution in [0.2, 0.25) is 0 Å². The Morgan fingerprint density at radius 3 is 0.339 bits per heavy atom. The largest absolute Gasteiger partial charge is 0.0558 e. The van der Waals surface area contributed by atoms with Crippen LogP contribution < -0.4 is 0 Å². The van der Waals surface area contributed by atoms with E-state index < -0.39 is 0 Å². The van der Waals surface area contributed by atoms with Crippen LogP contribution in [0.5, 0.6) is 0 Å². The molecule has 0 spiro atoms. The molecule has 0 unspecified atom stereocenters. The lowest BCUT2D eigenvalue weighted by molar-refractivity contribution is 1.12. The first-order valence-corrected chi connectivity index (χ1v) is 47.7. The summed E-state index contributed by atoms with van der Waals surface area (Å²) in [7, 11) is 0. The Balaban J connectivity index is 0.000000166. The average Bonchev–Trinajstić information content (AvgIpc) is 1.59. The van der Waals surface area contributed by atoms with Crippen LogP contribution in [0.25, 0.3) is 44.5 Å². The molecule has 0 heterocycles. The molecule has 127 heavy (non-hydrogen) atoms. The van der Waals surface area contributed by atoms with Crippen molar-refractivity contribution < 1.29 is 0 Å². The maximum absolute atomic E-state index is 2.35. The monoisotopic (exact) mass is 1690 g/mol. The van der Waals surface area contributed by atoms with Gasteiger partial charge in [0.05, 0.1) is 0 Å². The standard InChI is InChI=1S/2C21H26.C20H24.C19H22.2C12H18.2C11H16/c2*1-10-12(3)16(7)20-18(14(10)5)9-19-15(6)11(2)13(4)17(8)21(19)20;1-10-8-11(2)19-17(12(10)3)9-18-15(6)13(4)14(5)16(7)20(18)19;1-10-7-12(3)18-16(14(10)5)9-17-15(6)11(2)8-13(4)19(17)18;2*1-7-8(2)10(4)12(6)11(5)9(7)3;2*1-7-6-8(2)10(4)11(5)9(7)3/h2*9H2,1-8H3;8H,9H2,1-7H3;7-8H,9H2,1-6H3;2*1-6H3;2*6H,1-5H3. The van der Waals surface area contributed by atoms with E-state index in [9.17, 15) is 0 Å². The van der Waals surface area contributed by atoms with Gasteiger partial charge in [0, 0.05) is 0 Å². The summed E-state index contributed by atoms with van der Waals surface area (Å²) in [6, 6.07) is 11.6. The van der Waals surface area contributed by atoms with Gasteiger partial charge in [-0.05, 0) is 752 Å². The molecule has 0 amide bonds. The Bertz CT molecular complexity index is 5800. The first-order chi connectivity index (χ1) is 58.8. The van der Waals surface area contributed by atoms with E-state index in [1.807, 2.05) is 0 Å². The number of fused-ring (bicyclic) bond motifs is 12. The first kappa shape index (κ1) is 101. The molecule has 0 bridgehead atoms. The van der Waals surface area contributed by atoms with Crippen molar-refractivity contribution in [1.82, 2.24) is 0 Å². The maximum Gasteiger partial charge on any atom is -0.000778 e. The van der Waals surface area contributed by atoms with Gasteiger partial charge in [-0.2, -0.15) is 0 Å². The number of hydrogen-bond donors (Lipinski definition) is 0. The summed E-state index contributed by atoms with van der Waals surface area (Å²) >= 11 is 0. The number of aryl methyl sites for hydroxylation is 10. The van der Waals surface area contributed by atoms with Crippen molar-refractivity contribution in [2.24, 2.45) is 0 Å². The van der Waals surface area contributed by atoms with Gasteiger partial charge in [-0.15, -0.1) is 0 Å². The average molecular weight is 1690 g/mol. The molecule has 0 atom stereocenters. The highest BCUT2D eigenvalue weighted by atomic mass is 14.4. The summed E-state index contributed by atoms with van der Waals surface area (Å²) in [4.78, 5) is 0. The molecule has 0 heteroatoms. The lowest BCUT2D eigenvalue weighted by Gasteiger charge is -2.19. The van der Waals surface area contributed by atoms with Crippen molar-refractivity contribution in [3.05, 3.63) is 359 Å². The van der Waals surface area contributed by atoms with Crippen LogP contribution in [-0.4, -0.2) is 0 Å². The van der Waals surface area contributed by atoms with Gasteiger partial charge >= 0.3 is 0 Å². The zero-order valence-corrected chi connectivity index (χ0v) is 90.2. The molecule has 0 fully saturated rings. The molecule has 0 radical (unpaired) electrons. The molecule has 16 rings (SSSR count). The van der Waals surface area contributed by atoms with E-state index in [4.69, 9.17) is 0 Å². The zero-order chi connectivity index (χ0) is 96.0. The third-order valence-corrected chi connectivity index (χ3v) is 35.3. The van der Waals surface area contributed by atoms with E-state index in [-0.39, 0.29) is 0 Å². The Labute approximate surface area is 776 Å². The summed E-state index contributed by atoms with van der Waals surface area (Å²) in [5.74, 6) is 0. The molecule has 4 aliphatic rings. The minimum atomic E-state index is 1.12. The SMILES string of the molecule is Cc1c(C)c(C)c(C)c(C)c1C.Cc1c(C)c(C)c(C)c(C)c1C.Cc1c(C)c(C)c2c(c1C)Cc1c(C)c(C)c(C)c(C)c1-2.Cc1c(C)c(C)c2c(c1C)Cc1c(C)c(C)c(C)c(C)c1-2.Cc1cc(C)c(C)c(C)c1C.Cc1cc(C)c(C)c(C)c1C.Cc1cc(C)c2c(c1C)Cc1c(C)c(C)c(C)c(C)c1-2.Cc1cc(C)c2c(c1C)Cc1c(C)c(C)cc(C)c1-2. The highest BCUT2D eigenvalue weighted by molar-refractivity contribution is 5.90. The Hall–Kier alpha value is -9.36. The van der Waals surface area contributed by atoms with Crippen LogP contribution in [0.4, 0.5) is 0 Å². The van der Waals surface area contributed by atoms with E-state index in [2.05, 4.69) is 383 Å². The van der Waals surface area contributed by atoms with E-state index in [1.165, 1.54) is 328 Å². The van der Waals surface area contributed by atoms with E-state index in [0.717, 1.165) is 25.7 Å². The van der Waals surface area contributed by atoms with Crippen molar-refractivity contribution in [2.45, 2.75) is 379 Å². The minimum absolute atomic E-state index is 1.12. The summed E-state index contributed by atoms with van der Waals surface area (Å²) < 4.78 is 0. The molecular weight excluding hydrogens is 1530 g/mol. The van der Waals surface area contributed by atoms with Gasteiger partial charge in [0.2, 0.25) is 0 Å². The van der Waals surface area contributed by atoms with Crippen molar-refractivity contribution >= 4 is 0 Å².